The lowest BCUT2D eigenvalue weighted by Crippen LogP contribution is -2.47. The molecule has 10 heteroatoms. The Kier molecular flexibility index (Phi) is 7.86. The average Bonchev–Trinajstić information content (AvgIpc) is 3.28. The molecule has 35 heavy (non-hydrogen) atoms. The lowest BCUT2D eigenvalue weighted by molar-refractivity contribution is -0.119. The first-order valence-corrected chi connectivity index (χ1v) is 14.1. The van der Waals surface area contributed by atoms with E-state index in [1.807, 2.05) is 30.3 Å². The number of nitrogens with one attached hydrogen (secondary N) is 1. The lowest BCUT2D eigenvalue weighted by atomic mass is 9.93. The number of aromatic nitrogens is 1. The second-order valence-corrected chi connectivity index (χ2v) is 11.9. The topological polar surface area (TPSA) is 80.5 Å². The molecule has 1 atom stereocenters. The van der Waals surface area contributed by atoms with Crippen LogP contribution < -0.4 is 11.1 Å². The zero-order valence-electron chi connectivity index (χ0n) is 19.1. The number of carbonyl (C=O) groups is 1. The highest BCUT2D eigenvalue weighted by molar-refractivity contribution is 8.01. The van der Waals surface area contributed by atoms with Crippen LogP contribution in [0.15, 0.2) is 40.7 Å². The molecule has 1 unspecified atom stereocenters. The third-order valence-electron chi connectivity index (χ3n) is 6.15. The number of carbonyl (C=O) groups excluding carboxylic acids is 1. The largest absolute Gasteiger partial charge is 0.399 e. The van der Waals surface area contributed by atoms with Gasteiger partial charge in [0.1, 0.15) is 0 Å². The first-order chi connectivity index (χ1) is 16.9. The number of thiazole rings is 1. The fourth-order valence-electron chi connectivity index (χ4n) is 4.40. The van der Waals surface area contributed by atoms with Gasteiger partial charge in [0.2, 0.25) is 5.91 Å². The number of fused-ring (bicyclic) bond motifs is 3. The highest BCUT2D eigenvalue weighted by Crippen LogP contribution is 2.39. The number of hydrogen-bond acceptors (Lipinski definition) is 7. The van der Waals surface area contributed by atoms with E-state index in [9.17, 15) is 4.79 Å². The van der Waals surface area contributed by atoms with E-state index in [4.69, 9.17) is 38.7 Å². The summed E-state index contributed by atoms with van der Waals surface area (Å²) in [5, 5.41) is 4.14. The Labute approximate surface area is 223 Å². The van der Waals surface area contributed by atoms with Crippen LogP contribution in [0.4, 0.5) is 5.69 Å². The van der Waals surface area contributed by atoms with Gasteiger partial charge in [0.05, 0.1) is 34.2 Å². The first kappa shape index (κ1) is 24.9. The number of aryl methyl sites for hydroxylation is 2. The molecule has 2 aliphatic rings. The van der Waals surface area contributed by atoms with E-state index in [0.29, 0.717) is 28.9 Å². The molecular formula is C25H26Cl2N4O2S2. The van der Waals surface area contributed by atoms with Crippen molar-refractivity contribution in [2.75, 3.05) is 37.7 Å². The molecule has 1 fully saturated rings. The first-order valence-electron chi connectivity index (χ1n) is 11.5. The highest BCUT2D eigenvalue weighted by Gasteiger charge is 2.23. The number of amides is 1. The van der Waals surface area contributed by atoms with Crippen LogP contribution in [0.3, 0.4) is 0 Å². The molecule has 1 aliphatic heterocycles. The summed E-state index contributed by atoms with van der Waals surface area (Å²) in [6, 6.07) is 11.7. The summed E-state index contributed by atoms with van der Waals surface area (Å²) in [5.41, 5.74) is 11.3. The Morgan fingerprint density at radius 3 is 2.97 bits per heavy atom. The molecule has 3 aromatic rings. The predicted octanol–water partition coefficient (Wildman–Crippen LogP) is 4.91. The van der Waals surface area contributed by atoms with Gasteiger partial charge in [-0.1, -0.05) is 47.1 Å². The standard InChI is InChI=1S/C25H26Cl2N4O2S2/c26-20-5-1-15(9-21(20)27)12-31-7-8-33-18(13-31)11-29-23(32)14-34-25-30-24-19-10-17(28)4-2-16(19)3-6-22(24)35-25/h1-2,4-5,9-10,18H,3,6-8,11-14,28H2,(H,29,32). The summed E-state index contributed by atoms with van der Waals surface area (Å²) in [6.07, 6.45) is 1.93. The summed E-state index contributed by atoms with van der Waals surface area (Å²) in [6.45, 7) is 3.47. The molecule has 2 aromatic carbocycles. The number of ether oxygens (including phenoxy) is 1. The van der Waals surface area contributed by atoms with Crippen LogP contribution >= 0.6 is 46.3 Å². The molecule has 2 heterocycles. The van der Waals surface area contributed by atoms with Crippen molar-refractivity contribution in [3.63, 3.8) is 0 Å². The molecule has 0 spiro atoms. The maximum absolute atomic E-state index is 12.5. The smallest absolute Gasteiger partial charge is 0.230 e. The van der Waals surface area contributed by atoms with Crippen molar-refractivity contribution in [3.8, 4) is 11.3 Å². The third kappa shape index (κ3) is 6.13. The Bertz CT molecular complexity index is 1240. The molecule has 1 aromatic heterocycles. The van der Waals surface area contributed by atoms with Gasteiger partial charge in [-0.05, 0) is 48.2 Å². The molecule has 0 bridgehead atoms. The number of thioether (sulfide) groups is 1. The molecule has 3 N–H and O–H groups in total. The van der Waals surface area contributed by atoms with Crippen LogP contribution in [0.25, 0.3) is 11.3 Å². The Morgan fingerprint density at radius 2 is 2.11 bits per heavy atom. The molecule has 1 amide bonds. The second-order valence-electron chi connectivity index (χ2n) is 8.74. The van der Waals surface area contributed by atoms with Crippen molar-refractivity contribution in [2.24, 2.45) is 0 Å². The number of morpholine rings is 1. The van der Waals surface area contributed by atoms with Gasteiger partial charge in [-0.25, -0.2) is 4.98 Å². The number of rotatable bonds is 7. The number of hydrogen-bond donors (Lipinski definition) is 2. The number of benzene rings is 2. The molecule has 0 saturated carbocycles. The van der Waals surface area contributed by atoms with E-state index in [1.54, 1.807) is 11.3 Å². The van der Waals surface area contributed by atoms with E-state index >= 15 is 0 Å². The van der Waals surface area contributed by atoms with Crippen LogP contribution in [-0.4, -0.2) is 53.9 Å². The van der Waals surface area contributed by atoms with Gasteiger partial charge >= 0.3 is 0 Å². The summed E-state index contributed by atoms with van der Waals surface area (Å²) in [4.78, 5) is 20.9. The van der Waals surface area contributed by atoms with E-state index < -0.39 is 0 Å². The number of nitrogens with two attached hydrogens (primary N) is 1. The summed E-state index contributed by atoms with van der Waals surface area (Å²) < 4.78 is 6.79. The quantitative estimate of drug-likeness (QED) is 0.322. The van der Waals surface area contributed by atoms with E-state index in [2.05, 4.69) is 16.3 Å². The van der Waals surface area contributed by atoms with Gasteiger partial charge in [0.15, 0.2) is 4.34 Å². The van der Waals surface area contributed by atoms with Crippen molar-refractivity contribution < 1.29 is 9.53 Å². The van der Waals surface area contributed by atoms with Gasteiger partial charge < -0.3 is 15.8 Å². The highest BCUT2D eigenvalue weighted by atomic mass is 35.5. The Morgan fingerprint density at radius 1 is 1.23 bits per heavy atom. The number of nitrogens with zero attached hydrogens (tertiary/aromatic N) is 2. The van der Waals surface area contributed by atoms with E-state index in [1.165, 1.54) is 22.2 Å². The fourth-order valence-corrected chi connectivity index (χ4v) is 6.75. The molecule has 6 nitrogen and oxygen atoms in total. The molecule has 1 saturated heterocycles. The maximum Gasteiger partial charge on any atom is 0.230 e. The number of nitrogen functional groups attached to an aromatic ring is 1. The SMILES string of the molecule is Nc1ccc2c(c1)-c1nc(SCC(=O)NCC3CN(Cc4ccc(Cl)c(Cl)c4)CCO3)sc1CC2. The molecule has 184 valence electrons. The Hall–Kier alpha value is -1.81. The minimum Gasteiger partial charge on any atom is -0.399 e. The van der Waals surface area contributed by atoms with Crippen molar-refractivity contribution >= 4 is 57.9 Å². The van der Waals surface area contributed by atoms with Crippen molar-refractivity contribution in [3.05, 3.63) is 62.4 Å². The van der Waals surface area contributed by atoms with Gasteiger partial charge in [-0.2, -0.15) is 0 Å². The summed E-state index contributed by atoms with van der Waals surface area (Å²) in [7, 11) is 0. The van der Waals surface area contributed by atoms with Crippen molar-refractivity contribution in [2.45, 2.75) is 29.8 Å². The third-order valence-corrected chi connectivity index (χ3v) is 9.15. The van der Waals surface area contributed by atoms with Crippen LogP contribution in [0.1, 0.15) is 16.0 Å². The monoisotopic (exact) mass is 548 g/mol. The van der Waals surface area contributed by atoms with Crippen molar-refractivity contribution in [1.29, 1.82) is 0 Å². The minimum atomic E-state index is -0.0467. The molecule has 0 radical (unpaired) electrons. The maximum atomic E-state index is 12.5. The van der Waals surface area contributed by atoms with Crippen LogP contribution in [-0.2, 0) is 28.9 Å². The minimum absolute atomic E-state index is 0.0157. The fraction of sp³-hybridized carbons (Fsp3) is 0.360. The van der Waals surface area contributed by atoms with Crippen LogP contribution in [0, 0.1) is 0 Å². The molecule has 1 aliphatic carbocycles. The summed E-state index contributed by atoms with van der Waals surface area (Å²) in [5.74, 6) is 0.314. The Balaban J connectivity index is 1.10. The van der Waals surface area contributed by atoms with Crippen LogP contribution in [0.2, 0.25) is 10.0 Å². The van der Waals surface area contributed by atoms with Gasteiger partial charge in [-0.3, -0.25) is 9.69 Å². The summed E-state index contributed by atoms with van der Waals surface area (Å²) >= 11 is 15.3. The zero-order chi connectivity index (χ0) is 24.4. The average molecular weight is 550 g/mol. The molecule has 5 rings (SSSR count). The number of anilines is 1. The lowest BCUT2D eigenvalue weighted by Gasteiger charge is -2.33. The van der Waals surface area contributed by atoms with E-state index in [-0.39, 0.29) is 12.0 Å². The zero-order valence-corrected chi connectivity index (χ0v) is 22.2. The number of halogens is 2. The van der Waals surface area contributed by atoms with Gasteiger partial charge in [0.25, 0.3) is 0 Å². The molecular weight excluding hydrogens is 523 g/mol. The van der Waals surface area contributed by atoms with E-state index in [0.717, 1.165) is 59.3 Å². The van der Waals surface area contributed by atoms with Crippen LogP contribution in [0.5, 0.6) is 0 Å². The van der Waals surface area contributed by atoms with Crippen molar-refractivity contribution in [1.82, 2.24) is 15.2 Å². The normalized spacial score (nSPS) is 17.6. The van der Waals surface area contributed by atoms with Gasteiger partial charge in [0, 0.05) is 42.3 Å². The van der Waals surface area contributed by atoms with Gasteiger partial charge in [-0.15, -0.1) is 11.3 Å². The predicted molar refractivity (Wildman–Crippen MR) is 145 cm³/mol. The second kappa shape index (κ2) is 11.1.